The van der Waals surface area contributed by atoms with Crippen LogP contribution in [0.15, 0.2) is 48.5 Å². The molecule has 246 valence electrons. The molecular formula is C34H48N3O5PS2. The average Bonchev–Trinajstić information content (AvgIpc) is 3.01. The standard InChI is InChI=1S/C34H48N3O5PS2/c1-27(2)43(3,41)42-23-11-5-4-10-21-35-32(38)19-24-44-45-25-20-33(39)36-22-18-34(40)37-26-30-14-7-6-12-28(30)16-17-29-13-8-9-15-31(29)37/h6-9,12-17,27H,4-5,10-11,18-26H2,1-3H3,(H,35,38)(H,36,39)/b17-16-. The van der Waals surface area contributed by atoms with E-state index >= 15 is 0 Å². The molecule has 0 bridgehead atoms. The number of nitrogens with one attached hydrogen (secondary N) is 2. The van der Waals surface area contributed by atoms with Gasteiger partial charge >= 0.3 is 0 Å². The first-order valence-electron chi connectivity index (χ1n) is 15.8. The Labute approximate surface area is 276 Å². The number of fused-ring (bicyclic) bond motifs is 2. The van der Waals surface area contributed by atoms with Gasteiger partial charge in [0.15, 0.2) is 0 Å². The van der Waals surface area contributed by atoms with E-state index in [1.54, 1.807) is 28.3 Å². The number of para-hydroxylation sites is 1. The van der Waals surface area contributed by atoms with Crippen LogP contribution < -0.4 is 15.5 Å². The molecule has 0 saturated heterocycles. The number of amides is 3. The summed E-state index contributed by atoms with van der Waals surface area (Å²) in [6, 6.07) is 15.9. The summed E-state index contributed by atoms with van der Waals surface area (Å²) in [6.07, 6.45) is 8.94. The molecule has 1 atom stereocenters. The number of carbonyl (C=O) groups is 3. The molecule has 11 heteroatoms. The first kappa shape index (κ1) is 36.9. The number of nitrogens with zero attached hydrogens (tertiary/aromatic N) is 1. The van der Waals surface area contributed by atoms with E-state index in [4.69, 9.17) is 4.52 Å². The van der Waals surface area contributed by atoms with Gasteiger partial charge in [0.1, 0.15) is 0 Å². The van der Waals surface area contributed by atoms with Crippen LogP contribution in [-0.4, -0.2) is 61.2 Å². The zero-order chi connectivity index (χ0) is 32.5. The molecule has 8 nitrogen and oxygen atoms in total. The Morgan fingerprint density at radius 2 is 1.42 bits per heavy atom. The molecule has 2 aromatic carbocycles. The van der Waals surface area contributed by atoms with Crippen LogP contribution in [0.1, 0.15) is 75.5 Å². The third-order valence-electron chi connectivity index (χ3n) is 7.60. The molecule has 3 rings (SSSR count). The predicted molar refractivity (Wildman–Crippen MR) is 191 cm³/mol. The highest BCUT2D eigenvalue weighted by atomic mass is 33.1. The van der Waals surface area contributed by atoms with Crippen LogP contribution >= 0.6 is 29.0 Å². The van der Waals surface area contributed by atoms with E-state index in [0.717, 1.165) is 48.1 Å². The monoisotopic (exact) mass is 673 g/mol. The third kappa shape index (κ3) is 13.4. The predicted octanol–water partition coefficient (Wildman–Crippen LogP) is 7.38. The fraction of sp³-hybridized carbons (Fsp3) is 0.500. The van der Waals surface area contributed by atoms with Gasteiger partial charge < -0.3 is 20.1 Å². The maximum Gasteiger partial charge on any atom is 0.229 e. The summed E-state index contributed by atoms with van der Waals surface area (Å²) in [5, 5.41) is 5.84. The zero-order valence-electron chi connectivity index (χ0n) is 26.8. The van der Waals surface area contributed by atoms with Gasteiger partial charge in [0, 0.05) is 56.2 Å². The fourth-order valence-electron chi connectivity index (χ4n) is 4.58. The van der Waals surface area contributed by atoms with Crippen molar-refractivity contribution in [3.8, 4) is 0 Å². The second kappa shape index (κ2) is 19.9. The molecule has 1 heterocycles. The minimum atomic E-state index is -2.49. The Morgan fingerprint density at radius 3 is 2.13 bits per heavy atom. The van der Waals surface area contributed by atoms with E-state index in [0.29, 0.717) is 50.6 Å². The molecule has 1 unspecified atom stereocenters. The van der Waals surface area contributed by atoms with Crippen LogP contribution in [0.2, 0.25) is 0 Å². The van der Waals surface area contributed by atoms with Gasteiger partial charge in [-0.1, -0.05) is 103 Å². The summed E-state index contributed by atoms with van der Waals surface area (Å²) < 4.78 is 17.7. The van der Waals surface area contributed by atoms with Crippen molar-refractivity contribution in [2.24, 2.45) is 0 Å². The molecule has 2 N–H and O–H groups in total. The summed E-state index contributed by atoms with van der Waals surface area (Å²) in [5.74, 6) is 1.26. The van der Waals surface area contributed by atoms with Gasteiger partial charge in [0.05, 0.1) is 18.8 Å². The normalized spacial score (nSPS) is 14.4. The molecule has 0 fully saturated rings. The van der Waals surface area contributed by atoms with Crippen LogP contribution in [0.4, 0.5) is 5.69 Å². The fourth-order valence-corrected chi connectivity index (χ4v) is 7.35. The number of unbranched alkanes of at least 4 members (excludes halogenated alkanes) is 3. The lowest BCUT2D eigenvalue weighted by atomic mass is 10.0. The third-order valence-corrected chi connectivity index (χ3v) is 12.6. The molecule has 0 spiro atoms. The molecule has 0 aliphatic carbocycles. The maximum absolute atomic E-state index is 13.3. The van der Waals surface area contributed by atoms with Crippen LogP contribution in [0.3, 0.4) is 0 Å². The summed E-state index contributed by atoms with van der Waals surface area (Å²) in [7, 11) is 0.686. The quantitative estimate of drug-likeness (QED) is 0.0911. The molecule has 1 aliphatic heterocycles. The molecule has 0 saturated carbocycles. The van der Waals surface area contributed by atoms with E-state index in [9.17, 15) is 18.9 Å². The van der Waals surface area contributed by atoms with Gasteiger partial charge in [-0.25, -0.2) is 0 Å². The largest absolute Gasteiger partial charge is 0.356 e. The van der Waals surface area contributed by atoms with Crippen LogP contribution in [-0.2, 0) is 30.0 Å². The van der Waals surface area contributed by atoms with E-state index < -0.39 is 7.37 Å². The minimum Gasteiger partial charge on any atom is -0.356 e. The highest BCUT2D eigenvalue weighted by Gasteiger charge is 2.21. The minimum absolute atomic E-state index is 0.0307. The van der Waals surface area contributed by atoms with E-state index in [-0.39, 0.29) is 29.8 Å². The Kier molecular flexibility index (Phi) is 16.3. The van der Waals surface area contributed by atoms with Crippen molar-refractivity contribution in [3.63, 3.8) is 0 Å². The lowest BCUT2D eigenvalue weighted by molar-refractivity contribution is -0.122. The molecule has 2 aromatic rings. The Balaban J connectivity index is 1.22. The highest BCUT2D eigenvalue weighted by molar-refractivity contribution is 8.76. The van der Waals surface area contributed by atoms with Gasteiger partial charge in [-0.15, -0.1) is 0 Å². The number of hydrogen-bond donors (Lipinski definition) is 2. The molecule has 0 radical (unpaired) electrons. The van der Waals surface area contributed by atoms with Crippen molar-refractivity contribution >= 4 is 64.5 Å². The molecule has 45 heavy (non-hydrogen) atoms. The lowest BCUT2D eigenvalue weighted by Crippen LogP contribution is -2.35. The Bertz CT molecular complexity index is 1340. The van der Waals surface area contributed by atoms with Crippen LogP contribution in [0.25, 0.3) is 12.2 Å². The van der Waals surface area contributed by atoms with Crippen LogP contribution in [0, 0.1) is 0 Å². The molecule has 0 aromatic heterocycles. The SMILES string of the molecule is CC(C)P(C)(=O)OCCCCCCNC(=O)CCSSCCC(=O)NCCC(=O)N1Cc2ccccc2/C=C\c2ccccc21. The summed E-state index contributed by atoms with van der Waals surface area (Å²) in [6.45, 7) is 7.49. The van der Waals surface area contributed by atoms with Crippen molar-refractivity contribution in [2.75, 3.05) is 42.8 Å². The number of benzene rings is 2. The summed E-state index contributed by atoms with van der Waals surface area (Å²) >= 11 is 0. The first-order valence-corrected chi connectivity index (χ1v) is 20.4. The van der Waals surface area contributed by atoms with Gasteiger partial charge in [-0.2, -0.15) is 0 Å². The van der Waals surface area contributed by atoms with Crippen LogP contribution in [0.5, 0.6) is 0 Å². The lowest BCUT2D eigenvalue weighted by Gasteiger charge is -2.27. The van der Waals surface area contributed by atoms with E-state index in [1.165, 1.54) is 0 Å². The molecular weight excluding hydrogens is 625 g/mol. The first-order chi connectivity index (χ1) is 21.7. The van der Waals surface area contributed by atoms with E-state index in [1.807, 2.05) is 67.3 Å². The highest BCUT2D eigenvalue weighted by Crippen LogP contribution is 2.47. The Hall–Kier alpha value is -2.52. The topological polar surface area (TPSA) is 105 Å². The van der Waals surface area contributed by atoms with E-state index in [2.05, 4.69) is 22.8 Å². The summed E-state index contributed by atoms with van der Waals surface area (Å²) in [4.78, 5) is 39.5. The smallest absolute Gasteiger partial charge is 0.229 e. The zero-order valence-corrected chi connectivity index (χ0v) is 29.3. The van der Waals surface area contributed by atoms with Gasteiger partial charge in [0.2, 0.25) is 25.1 Å². The van der Waals surface area contributed by atoms with Gasteiger partial charge in [-0.05, 0) is 35.6 Å². The number of anilines is 1. The Morgan fingerprint density at radius 1 is 0.822 bits per heavy atom. The van der Waals surface area contributed by atoms with Crippen molar-refractivity contribution in [1.29, 1.82) is 0 Å². The number of rotatable bonds is 19. The molecule has 1 aliphatic rings. The number of carbonyl (C=O) groups excluding carboxylic acids is 3. The van der Waals surface area contributed by atoms with Crippen molar-refractivity contribution in [1.82, 2.24) is 10.6 Å². The average molecular weight is 674 g/mol. The number of hydrogen-bond acceptors (Lipinski definition) is 7. The van der Waals surface area contributed by atoms with Crippen molar-refractivity contribution < 1.29 is 23.5 Å². The molecule has 3 amide bonds. The maximum atomic E-state index is 13.3. The van der Waals surface area contributed by atoms with Crippen molar-refractivity contribution in [2.45, 2.75) is 71.0 Å². The second-order valence-corrected chi connectivity index (χ2v) is 17.2. The van der Waals surface area contributed by atoms with Crippen molar-refractivity contribution in [3.05, 3.63) is 65.2 Å². The van der Waals surface area contributed by atoms with Gasteiger partial charge in [0.25, 0.3) is 0 Å². The summed E-state index contributed by atoms with van der Waals surface area (Å²) in [5.41, 5.74) is 4.09. The second-order valence-electron chi connectivity index (χ2n) is 11.4. The van der Waals surface area contributed by atoms with Gasteiger partial charge in [-0.3, -0.25) is 18.9 Å².